The zero-order valence-corrected chi connectivity index (χ0v) is 24.0. The van der Waals surface area contributed by atoms with Crippen LogP contribution in [0.4, 0.5) is 5.69 Å². The minimum atomic E-state index is -3.80. The molecule has 7 nitrogen and oxygen atoms in total. The molecule has 0 saturated heterocycles. The predicted molar refractivity (Wildman–Crippen MR) is 145 cm³/mol. The summed E-state index contributed by atoms with van der Waals surface area (Å²) in [5.74, 6) is -0.842. The van der Waals surface area contributed by atoms with E-state index < -0.39 is 28.5 Å². The Bertz CT molecular complexity index is 1150. The van der Waals surface area contributed by atoms with Crippen LogP contribution in [0.3, 0.4) is 0 Å². The lowest BCUT2D eigenvalue weighted by molar-refractivity contribution is -0.140. The second-order valence-corrected chi connectivity index (χ2v) is 11.9. The van der Waals surface area contributed by atoms with Crippen LogP contribution < -0.4 is 9.62 Å². The normalized spacial score (nSPS) is 13.1. The van der Waals surface area contributed by atoms with Gasteiger partial charge in [-0.1, -0.05) is 59.0 Å². The highest BCUT2D eigenvalue weighted by molar-refractivity contribution is 9.10. The number of nitrogens with zero attached hydrogens (tertiary/aromatic N) is 2. The van der Waals surface area contributed by atoms with E-state index in [9.17, 15) is 18.0 Å². The third kappa shape index (κ3) is 8.37. The molecule has 0 heterocycles. The number of amides is 2. The second-order valence-electron chi connectivity index (χ2n) is 8.25. The van der Waals surface area contributed by atoms with Gasteiger partial charge in [-0.15, -0.1) is 0 Å². The third-order valence-electron chi connectivity index (χ3n) is 5.54. The first kappa shape index (κ1) is 29.4. The lowest BCUT2D eigenvalue weighted by Gasteiger charge is -2.33. The number of carbonyl (C=O) groups excluding carboxylic acids is 2. The molecule has 0 spiro atoms. The number of nitrogens with one attached hydrogen (secondary N) is 1. The number of carbonyl (C=O) groups is 2. The summed E-state index contributed by atoms with van der Waals surface area (Å²) < 4.78 is 27.0. The maximum Gasteiger partial charge on any atom is 0.244 e. The van der Waals surface area contributed by atoms with Crippen molar-refractivity contribution in [2.45, 2.75) is 52.2 Å². The molecular formula is C24H30BrCl2N3O4S. The number of rotatable bonds is 11. The van der Waals surface area contributed by atoms with Gasteiger partial charge in [0.25, 0.3) is 0 Å². The molecule has 0 saturated carbocycles. The van der Waals surface area contributed by atoms with Crippen molar-refractivity contribution in [2.75, 3.05) is 17.1 Å². The van der Waals surface area contributed by atoms with Gasteiger partial charge in [0.2, 0.25) is 21.8 Å². The first-order valence-electron chi connectivity index (χ1n) is 11.1. The van der Waals surface area contributed by atoms with Gasteiger partial charge in [-0.3, -0.25) is 13.9 Å². The van der Waals surface area contributed by atoms with E-state index >= 15 is 0 Å². The summed E-state index contributed by atoms with van der Waals surface area (Å²) >= 11 is 15.7. The largest absolute Gasteiger partial charge is 0.352 e. The molecule has 35 heavy (non-hydrogen) atoms. The zero-order valence-electron chi connectivity index (χ0n) is 20.1. The van der Waals surface area contributed by atoms with Gasteiger partial charge in [-0.25, -0.2) is 8.42 Å². The molecular weight excluding hydrogens is 577 g/mol. The van der Waals surface area contributed by atoms with E-state index in [1.807, 2.05) is 13.8 Å². The molecule has 2 aromatic carbocycles. The van der Waals surface area contributed by atoms with E-state index in [1.54, 1.807) is 49.4 Å². The van der Waals surface area contributed by atoms with Gasteiger partial charge in [0.1, 0.15) is 12.6 Å². The van der Waals surface area contributed by atoms with Gasteiger partial charge in [-0.05, 0) is 61.7 Å². The van der Waals surface area contributed by atoms with Crippen molar-refractivity contribution in [1.82, 2.24) is 10.2 Å². The van der Waals surface area contributed by atoms with Crippen LogP contribution in [0.5, 0.6) is 0 Å². The summed E-state index contributed by atoms with van der Waals surface area (Å²) in [6.45, 7) is 5.17. The number of benzene rings is 2. The quantitative estimate of drug-likeness (QED) is 0.379. The summed E-state index contributed by atoms with van der Waals surface area (Å²) in [5.41, 5.74) is 0.930. The first-order chi connectivity index (χ1) is 16.4. The van der Waals surface area contributed by atoms with Crippen LogP contribution in [0.1, 0.15) is 39.2 Å². The van der Waals surface area contributed by atoms with E-state index in [4.69, 9.17) is 23.2 Å². The van der Waals surface area contributed by atoms with Gasteiger partial charge in [0, 0.05) is 27.1 Å². The average Bonchev–Trinajstić information content (AvgIpc) is 2.78. The van der Waals surface area contributed by atoms with Gasteiger partial charge in [0.15, 0.2) is 0 Å². The highest BCUT2D eigenvalue weighted by Gasteiger charge is 2.32. The fourth-order valence-corrected chi connectivity index (χ4v) is 5.00. The molecule has 0 aliphatic rings. The zero-order chi connectivity index (χ0) is 26.3. The number of anilines is 1. The van der Waals surface area contributed by atoms with Gasteiger partial charge in [-0.2, -0.15) is 0 Å². The Hall–Kier alpha value is -1.81. The van der Waals surface area contributed by atoms with Gasteiger partial charge in [0.05, 0.1) is 11.9 Å². The Morgan fingerprint density at radius 2 is 1.69 bits per heavy atom. The summed E-state index contributed by atoms with van der Waals surface area (Å²) in [6.07, 6.45) is 2.09. The molecule has 0 aliphatic heterocycles. The maximum atomic E-state index is 13.6. The molecule has 1 N–H and O–H groups in total. The topological polar surface area (TPSA) is 86.8 Å². The van der Waals surface area contributed by atoms with E-state index in [0.29, 0.717) is 27.7 Å². The third-order valence-corrected chi connectivity index (χ3v) is 7.79. The van der Waals surface area contributed by atoms with Crippen LogP contribution in [0.25, 0.3) is 0 Å². The van der Waals surface area contributed by atoms with E-state index in [0.717, 1.165) is 21.5 Å². The average molecular weight is 607 g/mol. The van der Waals surface area contributed by atoms with Crippen molar-refractivity contribution in [1.29, 1.82) is 0 Å². The fourth-order valence-electron chi connectivity index (χ4n) is 3.42. The van der Waals surface area contributed by atoms with E-state index in [2.05, 4.69) is 21.2 Å². The highest BCUT2D eigenvalue weighted by Crippen LogP contribution is 2.25. The molecule has 2 atom stereocenters. The smallest absolute Gasteiger partial charge is 0.244 e. The highest BCUT2D eigenvalue weighted by atomic mass is 79.9. The molecule has 2 rings (SSSR count). The van der Waals surface area contributed by atoms with Crippen molar-refractivity contribution >= 4 is 66.7 Å². The van der Waals surface area contributed by atoms with Crippen molar-refractivity contribution in [2.24, 2.45) is 0 Å². The van der Waals surface area contributed by atoms with Crippen LogP contribution in [0.15, 0.2) is 46.9 Å². The van der Waals surface area contributed by atoms with Crippen LogP contribution in [0.2, 0.25) is 10.0 Å². The summed E-state index contributed by atoms with van der Waals surface area (Å²) in [6, 6.07) is 10.6. The Morgan fingerprint density at radius 1 is 1.06 bits per heavy atom. The molecule has 11 heteroatoms. The van der Waals surface area contributed by atoms with E-state index in [-0.39, 0.29) is 18.5 Å². The van der Waals surface area contributed by atoms with Crippen LogP contribution >= 0.6 is 39.1 Å². The molecule has 2 amide bonds. The first-order valence-corrected chi connectivity index (χ1v) is 14.5. The van der Waals surface area contributed by atoms with Gasteiger partial charge >= 0.3 is 0 Å². The predicted octanol–water partition coefficient (Wildman–Crippen LogP) is 5.24. The summed E-state index contributed by atoms with van der Waals surface area (Å²) in [5, 5.41) is 3.71. The van der Waals surface area contributed by atoms with Crippen LogP contribution in [0, 0.1) is 0 Å². The van der Waals surface area contributed by atoms with Crippen LogP contribution in [-0.2, 0) is 26.2 Å². The minimum absolute atomic E-state index is 0.0131. The molecule has 0 aliphatic carbocycles. The Labute approximate surface area is 225 Å². The molecule has 0 aromatic heterocycles. The number of hydrogen-bond acceptors (Lipinski definition) is 4. The van der Waals surface area contributed by atoms with Crippen molar-refractivity contribution in [3.63, 3.8) is 0 Å². The summed E-state index contributed by atoms with van der Waals surface area (Å²) in [4.78, 5) is 28.1. The van der Waals surface area contributed by atoms with Crippen molar-refractivity contribution < 1.29 is 18.0 Å². The van der Waals surface area contributed by atoms with Crippen LogP contribution in [-0.4, -0.2) is 50.0 Å². The Balaban J connectivity index is 2.46. The number of hydrogen-bond donors (Lipinski definition) is 1. The minimum Gasteiger partial charge on any atom is -0.352 e. The second kappa shape index (κ2) is 12.9. The van der Waals surface area contributed by atoms with Gasteiger partial charge < -0.3 is 10.2 Å². The SMILES string of the molecule is CC[C@H](C(=O)N[C@@H](C)CC)N(Cc1ccc(Cl)cc1Cl)C(=O)CN(c1ccc(Br)cc1)S(C)(=O)=O. The monoisotopic (exact) mass is 605 g/mol. The lowest BCUT2D eigenvalue weighted by atomic mass is 10.1. The number of halogens is 3. The standard InChI is InChI=1S/C24H30BrCl2N3O4S/c1-5-16(3)28-24(32)22(6-2)29(14-17-7-10-19(26)13-21(17)27)23(31)15-30(35(4,33)34)20-11-8-18(25)9-12-20/h7-13,16,22H,5-6,14-15H2,1-4H3,(H,28,32)/t16-,22+/m0/s1. The number of sulfonamides is 1. The van der Waals surface area contributed by atoms with E-state index in [1.165, 1.54) is 4.90 Å². The molecule has 0 radical (unpaired) electrons. The molecule has 0 fully saturated rings. The molecule has 0 unspecified atom stereocenters. The lowest BCUT2D eigenvalue weighted by Crippen LogP contribution is -2.53. The Kier molecular flexibility index (Phi) is 10.9. The van der Waals surface area contributed by atoms with Crippen molar-refractivity contribution in [3.8, 4) is 0 Å². The Morgan fingerprint density at radius 3 is 2.20 bits per heavy atom. The molecule has 0 bridgehead atoms. The van der Waals surface area contributed by atoms with Crippen molar-refractivity contribution in [3.05, 3.63) is 62.5 Å². The molecule has 192 valence electrons. The summed E-state index contributed by atoms with van der Waals surface area (Å²) in [7, 11) is -3.80. The maximum absolute atomic E-state index is 13.6. The molecule has 2 aromatic rings. The fraction of sp³-hybridized carbons (Fsp3) is 0.417.